The van der Waals surface area contributed by atoms with Crippen LogP contribution in [0.3, 0.4) is 0 Å². The van der Waals surface area contributed by atoms with E-state index in [-0.39, 0.29) is 5.15 Å². The summed E-state index contributed by atoms with van der Waals surface area (Å²) in [6, 6.07) is 17.0. The van der Waals surface area contributed by atoms with Gasteiger partial charge in [-0.25, -0.2) is 9.97 Å². The molecule has 0 fully saturated rings. The van der Waals surface area contributed by atoms with Crippen LogP contribution in [-0.4, -0.2) is 17.1 Å². The molecule has 0 unspecified atom stereocenters. The summed E-state index contributed by atoms with van der Waals surface area (Å²) < 4.78 is 5.36. The third kappa shape index (κ3) is 2.91. The van der Waals surface area contributed by atoms with Gasteiger partial charge in [0.1, 0.15) is 5.69 Å². The van der Waals surface area contributed by atoms with Crippen LogP contribution in [0.1, 0.15) is 0 Å². The van der Waals surface area contributed by atoms with E-state index in [1.54, 1.807) is 13.2 Å². The first kappa shape index (κ1) is 14.8. The molecule has 0 N–H and O–H groups in total. The van der Waals surface area contributed by atoms with Crippen LogP contribution in [0.2, 0.25) is 10.2 Å². The van der Waals surface area contributed by atoms with Gasteiger partial charge in [-0.3, -0.25) is 0 Å². The molecule has 1 heterocycles. The van der Waals surface area contributed by atoms with Crippen molar-refractivity contribution in [3.05, 3.63) is 64.8 Å². The SMILES string of the molecule is COc1c(Cl)nc(-c2ccccc2)nc1-c1cccc(Cl)c1. The Morgan fingerprint density at radius 3 is 2.27 bits per heavy atom. The molecule has 22 heavy (non-hydrogen) atoms. The summed E-state index contributed by atoms with van der Waals surface area (Å²) in [4.78, 5) is 8.93. The Hall–Kier alpha value is -2.10. The van der Waals surface area contributed by atoms with Gasteiger partial charge in [-0.15, -0.1) is 0 Å². The molecule has 3 aromatic rings. The highest BCUT2D eigenvalue weighted by Crippen LogP contribution is 2.36. The highest BCUT2D eigenvalue weighted by Gasteiger charge is 2.16. The summed E-state index contributed by atoms with van der Waals surface area (Å²) in [5, 5.41) is 0.891. The summed E-state index contributed by atoms with van der Waals surface area (Å²) in [6.45, 7) is 0. The van der Waals surface area contributed by atoms with Crippen LogP contribution in [0.4, 0.5) is 0 Å². The van der Waals surface area contributed by atoms with Crippen LogP contribution in [0.15, 0.2) is 54.6 Å². The van der Waals surface area contributed by atoms with Gasteiger partial charge in [0.05, 0.1) is 7.11 Å². The van der Waals surface area contributed by atoms with E-state index in [1.807, 2.05) is 48.5 Å². The lowest BCUT2D eigenvalue weighted by molar-refractivity contribution is 0.413. The molecule has 110 valence electrons. The Morgan fingerprint density at radius 1 is 0.864 bits per heavy atom. The van der Waals surface area contributed by atoms with Gasteiger partial charge in [0.15, 0.2) is 16.7 Å². The van der Waals surface area contributed by atoms with Crippen molar-refractivity contribution >= 4 is 23.2 Å². The van der Waals surface area contributed by atoms with E-state index in [9.17, 15) is 0 Å². The van der Waals surface area contributed by atoms with E-state index >= 15 is 0 Å². The zero-order valence-electron chi connectivity index (χ0n) is 11.8. The predicted octanol–water partition coefficient (Wildman–Crippen LogP) is 5.13. The zero-order chi connectivity index (χ0) is 15.5. The lowest BCUT2D eigenvalue weighted by Gasteiger charge is -2.11. The first-order chi connectivity index (χ1) is 10.7. The lowest BCUT2D eigenvalue weighted by atomic mass is 10.1. The van der Waals surface area contributed by atoms with E-state index in [4.69, 9.17) is 27.9 Å². The fraction of sp³-hybridized carbons (Fsp3) is 0.0588. The van der Waals surface area contributed by atoms with Gasteiger partial charge < -0.3 is 4.74 Å². The Labute approximate surface area is 138 Å². The van der Waals surface area contributed by atoms with Gasteiger partial charge in [0.2, 0.25) is 0 Å². The summed E-state index contributed by atoms with van der Waals surface area (Å²) >= 11 is 12.3. The molecule has 0 bridgehead atoms. The molecule has 0 saturated carbocycles. The Balaban J connectivity index is 2.22. The van der Waals surface area contributed by atoms with Crippen molar-refractivity contribution in [1.29, 1.82) is 0 Å². The smallest absolute Gasteiger partial charge is 0.182 e. The topological polar surface area (TPSA) is 35.0 Å². The number of ether oxygens (including phenoxy) is 1. The first-order valence-electron chi connectivity index (χ1n) is 6.62. The van der Waals surface area contributed by atoms with Crippen LogP contribution in [0.25, 0.3) is 22.6 Å². The second-order valence-corrected chi connectivity index (χ2v) is 5.39. The van der Waals surface area contributed by atoms with Crippen LogP contribution < -0.4 is 4.74 Å². The normalized spacial score (nSPS) is 10.5. The quantitative estimate of drug-likeness (QED) is 0.624. The Bertz CT molecular complexity index is 807. The number of benzene rings is 2. The van der Waals surface area contributed by atoms with Crippen molar-refractivity contribution in [3.63, 3.8) is 0 Å². The highest BCUT2D eigenvalue weighted by atomic mass is 35.5. The van der Waals surface area contributed by atoms with Crippen molar-refractivity contribution in [1.82, 2.24) is 9.97 Å². The molecule has 0 aliphatic heterocycles. The minimum atomic E-state index is 0.270. The molecule has 0 aliphatic rings. The van der Waals surface area contributed by atoms with Crippen molar-refractivity contribution in [2.75, 3.05) is 7.11 Å². The van der Waals surface area contributed by atoms with E-state index in [2.05, 4.69) is 9.97 Å². The van der Waals surface area contributed by atoms with Gasteiger partial charge in [-0.2, -0.15) is 0 Å². The monoisotopic (exact) mass is 330 g/mol. The van der Waals surface area contributed by atoms with Crippen LogP contribution in [-0.2, 0) is 0 Å². The molecule has 2 aromatic carbocycles. The van der Waals surface area contributed by atoms with E-state index in [1.165, 1.54) is 0 Å². The van der Waals surface area contributed by atoms with Crippen molar-refractivity contribution in [2.24, 2.45) is 0 Å². The van der Waals surface area contributed by atoms with Crippen LogP contribution in [0, 0.1) is 0 Å². The van der Waals surface area contributed by atoms with Crippen LogP contribution in [0.5, 0.6) is 5.75 Å². The highest BCUT2D eigenvalue weighted by molar-refractivity contribution is 6.32. The molecule has 3 nitrogen and oxygen atoms in total. The predicted molar refractivity (Wildman–Crippen MR) is 89.5 cm³/mol. The molecule has 0 aliphatic carbocycles. The fourth-order valence-corrected chi connectivity index (χ4v) is 2.59. The summed E-state index contributed by atoms with van der Waals surface area (Å²) in [7, 11) is 1.54. The maximum absolute atomic E-state index is 6.27. The number of rotatable bonds is 3. The van der Waals surface area contributed by atoms with Gasteiger partial charge in [-0.05, 0) is 12.1 Å². The molecule has 0 amide bonds. The largest absolute Gasteiger partial charge is 0.491 e. The van der Waals surface area contributed by atoms with Crippen molar-refractivity contribution in [2.45, 2.75) is 0 Å². The van der Waals surface area contributed by atoms with Crippen LogP contribution >= 0.6 is 23.2 Å². The number of hydrogen-bond acceptors (Lipinski definition) is 3. The van der Waals surface area contributed by atoms with E-state index < -0.39 is 0 Å². The molecule has 1 aromatic heterocycles. The standard InChI is InChI=1S/C17H12Cl2N2O/c1-22-15-14(12-8-5-9-13(18)10-12)20-17(21-16(15)19)11-6-3-2-4-7-11/h2-10H,1H3. The number of nitrogens with zero attached hydrogens (tertiary/aromatic N) is 2. The Morgan fingerprint density at radius 2 is 1.59 bits per heavy atom. The van der Waals surface area contributed by atoms with Gasteiger partial charge in [-0.1, -0.05) is 65.7 Å². The molecule has 0 spiro atoms. The van der Waals surface area contributed by atoms with E-state index in [0.29, 0.717) is 22.3 Å². The summed E-state index contributed by atoms with van der Waals surface area (Å²) in [5.41, 5.74) is 2.32. The number of hydrogen-bond donors (Lipinski definition) is 0. The zero-order valence-corrected chi connectivity index (χ0v) is 13.3. The second kappa shape index (κ2) is 6.34. The maximum atomic E-state index is 6.27. The molecular formula is C17H12Cl2N2O. The van der Waals surface area contributed by atoms with Gasteiger partial charge in [0, 0.05) is 16.1 Å². The van der Waals surface area contributed by atoms with Crippen molar-refractivity contribution < 1.29 is 4.74 Å². The number of aromatic nitrogens is 2. The van der Waals surface area contributed by atoms with E-state index in [0.717, 1.165) is 11.1 Å². The molecule has 0 atom stereocenters. The lowest BCUT2D eigenvalue weighted by Crippen LogP contribution is -1.98. The first-order valence-corrected chi connectivity index (χ1v) is 7.37. The molecular weight excluding hydrogens is 319 g/mol. The third-order valence-electron chi connectivity index (χ3n) is 3.16. The van der Waals surface area contributed by atoms with Crippen molar-refractivity contribution in [3.8, 4) is 28.4 Å². The molecule has 3 rings (SSSR count). The molecule has 0 saturated heterocycles. The Kier molecular flexibility index (Phi) is 4.27. The second-order valence-electron chi connectivity index (χ2n) is 4.60. The fourth-order valence-electron chi connectivity index (χ4n) is 2.15. The minimum Gasteiger partial charge on any atom is -0.491 e. The van der Waals surface area contributed by atoms with Gasteiger partial charge in [0.25, 0.3) is 0 Å². The minimum absolute atomic E-state index is 0.270. The number of halogens is 2. The average molecular weight is 331 g/mol. The third-order valence-corrected chi connectivity index (χ3v) is 3.65. The van der Waals surface area contributed by atoms with Gasteiger partial charge >= 0.3 is 0 Å². The molecule has 0 radical (unpaired) electrons. The average Bonchev–Trinajstić information content (AvgIpc) is 2.55. The maximum Gasteiger partial charge on any atom is 0.182 e. The molecule has 5 heteroatoms. The summed E-state index contributed by atoms with van der Waals surface area (Å²) in [6.07, 6.45) is 0. The summed E-state index contributed by atoms with van der Waals surface area (Å²) in [5.74, 6) is 0.977. The number of methoxy groups -OCH3 is 1.